The van der Waals surface area contributed by atoms with E-state index in [1.165, 1.54) is 25.0 Å². The molecule has 1 aromatic heterocycles. The van der Waals surface area contributed by atoms with E-state index in [2.05, 4.69) is 30.5 Å². The number of ether oxygens (including phenoxy) is 1. The molecule has 0 N–H and O–H groups in total. The lowest BCUT2D eigenvalue weighted by Gasteiger charge is -2.23. The van der Waals surface area contributed by atoms with Gasteiger partial charge in [0.05, 0.1) is 5.69 Å². The van der Waals surface area contributed by atoms with Gasteiger partial charge in [-0.15, -0.1) is 11.3 Å². The predicted molar refractivity (Wildman–Crippen MR) is 88.6 cm³/mol. The van der Waals surface area contributed by atoms with Crippen molar-refractivity contribution in [3.8, 4) is 0 Å². The van der Waals surface area contributed by atoms with Gasteiger partial charge in [-0.1, -0.05) is 0 Å². The zero-order valence-electron chi connectivity index (χ0n) is 13.0. The Hall–Kier alpha value is -0.100. The van der Waals surface area contributed by atoms with Crippen molar-refractivity contribution in [3.63, 3.8) is 0 Å². The van der Waals surface area contributed by atoms with Crippen molar-refractivity contribution in [2.75, 3.05) is 19.9 Å². The monoisotopic (exact) mass is 314 g/mol. The quantitative estimate of drug-likeness (QED) is 0.761. The first-order valence-electron chi connectivity index (χ1n) is 7.43. The van der Waals surface area contributed by atoms with Crippen LogP contribution in [0, 0.1) is 0 Å². The smallest absolute Gasteiger partial charge is 0.122 e. The molecule has 0 aliphatic heterocycles. The van der Waals surface area contributed by atoms with Gasteiger partial charge in [0, 0.05) is 29.8 Å². The molecule has 0 bridgehead atoms. The first-order valence-corrected chi connectivity index (χ1v) is 9.59. The van der Waals surface area contributed by atoms with Crippen LogP contribution in [0.3, 0.4) is 0 Å². The third-order valence-electron chi connectivity index (χ3n) is 4.06. The summed E-state index contributed by atoms with van der Waals surface area (Å²) in [5, 5.41) is 4.14. The minimum Gasteiger partial charge on any atom is -0.372 e. The average molecular weight is 315 g/mol. The molecule has 3 atom stereocenters. The molecule has 114 valence electrons. The van der Waals surface area contributed by atoms with Crippen molar-refractivity contribution >= 4 is 23.1 Å². The molecule has 3 nitrogen and oxygen atoms in total. The molecule has 1 aromatic rings. The summed E-state index contributed by atoms with van der Waals surface area (Å²) < 4.78 is 5.61. The minimum atomic E-state index is 0.122. The molecule has 1 saturated carbocycles. The second kappa shape index (κ2) is 7.78. The van der Waals surface area contributed by atoms with Crippen LogP contribution in [0.25, 0.3) is 0 Å². The molecule has 20 heavy (non-hydrogen) atoms. The molecular formula is C15H26N2OS2. The lowest BCUT2D eigenvalue weighted by Crippen LogP contribution is -2.29. The van der Waals surface area contributed by atoms with Crippen LogP contribution in [0.1, 0.15) is 49.9 Å². The molecular weight excluding hydrogens is 288 g/mol. The van der Waals surface area contributed by atoms with E-state index in [0.717, 1.165) is 29.5 Å². The largest absolute Gasteiger partial charge is 0.372 e. The Morgan fingerprint density at radius 2 is 2.35 bits per heavy atom. The number of aromatic nitrogens is 1. The van der Waals surface area contributed by atoms with Crippen LogP contribution < -0.4 is 0 Å². The molecule has 1 aliphatic rings. The summed E-state index contributed by atoms with van der Waals surface area (Å²) in [6, 6.07) is 0.724. The zero-order chi connectivity index (χ0) is 14.5. The number of thioether (sulfide) groups is 1. The van der Waals surface area contributed by atoms with Gasteiger partial charge >= 0.3 is 0 Å². The maximum absolute atomic E-state index is 5.61. The van der Waals surface area contributed by atoms with Crippen molar-refractivity contribution in [1.29, 1.82) is 0 Å². The average Bonchev–Trinajstić information content (AvgIpc) is 3.07. The second-order valence-corrected chi connectivity index (χ2v) is 7.54. The number of hydrogen-bond acceptors (Lipinski definition) is 5. The number of rotatable bonds is 7. The van der Waals surface area contributed by atoms with Crippen molar-refractivity contribution in [3.05, 3.63) is 16.1 Å². The maximum Gasteiger partial charge on any atom is 0.122 e. The summed E-state index contributed by atoms with van der Waals surface area (Å²) in [7, 11) is 2.23. The first-order chi connectivity index (χ1) is 9.63. The lowest BCUT2D eigenvalue weighted by molar-refractivity contribution is 0.0760. The Labute approximate surface area is 131 Å². The van der Waals surface area contributed by atoms with Crippen LogP contribution in [0.2, 0.25) is 0 Å². The molecule has 1 heterocycles. The normalized spacial score (nSPS) is 24.4. The summed E-state index contributed by atoms with van der Waals surface area (Å²) in [6.45, 7) is 5.81. The van der Waals surface area contributed by atoms with E-state index in [4.69, 9.17) is 9.72 Å². The van der Waals surface area contributed by atoms with Crippen LogP contribution in [0.5, 0.6) is 0 Å². The summed E-state index contributed by atoms with van der Waals surface area (Å²) in [6.07, 6.45) is 6.36. The highest BCUT2D eigenvalue weighted by atomic mass is 32.2. The molecule has 0 radical (unpaired) electrons. The minimum absolute atomic E-state index is 0.122. The SMILES string of the molecule is CCO[C@H](C)c1nc(CN(C)[C@@H]2CC[C@H](SC)C2)cs1. The lowest BCUT2D eigenvalue weighted by atomic mass is 10.2. The Morgan fingerprint density at radius 1 is 1.55 bits per heavy atom. The third-order valence-corrected chi connectivity index (χ3v) is 6.21. The Morgan fingerprint density at radius 3 is 3.00 bits per heavy atom. The summed E-state index contributed by atoms with van der Waals surface area (Å²) in [4.78, 5) is 7.20. The van der Waals surface area contributed by atoms with Crippen LogP contribution in [0.15, 0.2) is 5.38 Å². The molecule has 2 rings (SSSR count). The van der Waals surface area contributed by atoms with Crippen molar-refractivity contribution < 1.29 is 4.74 Å². The third kappa shape index (κ3) is 4.20. The predicted octanol–water partition coefficient (Wildman–Crippen LogP) is 3.96. The van der Waals surface area contributed by atoms with Gasteiger partial charge in [0.15, 0.2) is 0 Å². The Bertz CT molecular complexity index is 410. The number of thiazole rings is 1. The van der Waals surface area contributed by atoms with E-state index in [9.17, 15) is 0 Å². The van der Waals surface area contributed by atoms with E-state index >= 15 is 0 Å². The van der Waals surface area contributed by atoms with Crippen molar-refractivity contribution in [2.24, 2.45) is 0 Å². The van der Waals surface area contributed by atoms with Crippen LogP contribution in [0.4, 0.5) is 0 Å². The topological polar surface area (TPSA) is 25.4 Å². The maximum atomic E-state index is 5.61. The van der Waals surface area contributed by atoms with E-state index in [0.29, 0.717) is 0 Å². The van der Waals surface area contributed by atoms with Gasteiger partial charge in [-0.3, -0.25) is 4.90 Å². The van der Waals surface area contributed by atoms with Gasteiger partial charge in [-0.25, -0.2) is 4.98 Å². The van der Waals surface area contributed by atoms with Crippen LogP contribution in [-0.2, 0) is 11.3 Å². The van der Waals surface area contributed by atoms with Gasteiger partial charge in [0.25, 0.3) is 0 Å². The highest BCUT2D eigenvalue weighted by Crippen LogP contribution is 2.31. The van der Waals surface area contributed by atoms with E-state index in [1.807, 2.05) is 18.7 Å². The van der Waals surface area contributed by atoms with Crippen LogP contribution >= 0.6 is 23.1 Å². The van der Waals surface area contributed by atoms with Crippen molar-refractivity contribution in [2.45, 2.75) is 57.1 Å². The van der Waals surface area contributed by atoms with Crippen LogP contribution in [-0.4, -0.2) is 41.1 Å². The highest BCUT2D eigenvalue weighted by molar-refractivity contribution is 7.99. The van der Waals surface area contributed by atoms with Crippen molar-refractivity contribution in [1.82, 2.24) is 9.88 Å². The van der Waals surface area contributed by atoms with E-state index in [1.54, 1.807) is 11.3 Å². The molecule has 0 spiro atoms. The zero-order valence-corrected chi connectivity index (χ0v) is 14.6. The van der Waals surface area contributed by atoms with Gasteiger partial charge in [-0.2, -0.15) is 11.8 Å². The molecule has 0 saturated heterocycles. The summed E-state index contributed by atoms with van der Waals surface area (Å²) in [5.41, 5.74) is 1.19. The molecule has 5 heteroatoms. The number of hydrogen-bond donors (Lipinski definition) is 0. The molecule has 0 amide bonds. The van der Waals surface area contributed by atoms with Gasteiger partial charge in [-0.05, 0) is 46.4 Å². The fourth-order valence-corrected chi connectivity index (χ4v) is 4.42. The van der Waals surface area contributed by atoms with E-state index < -0.39 is 0 Å². The van der Waals surface area contributed by atoms with Gasteiger partial charge < -0.3 is 4.74 Å². The fraction of sp³-hybridized carbons (Fsp3) is 0.800. The summed E-state index contributed by atoms with van der Waals surface area (Å²) >= 11 is 3.74. The molecule has 0 aromatic carbocycles. The Balaban J connectivity index is 1.87. The standard InChI is InChI=1S/C15H26N2OS2/c1-5-18-11(2)15-16-12(10-20-15)9-17(3)13-6-7-14(8-13)19-4/h10-11,13-14H,5-9H2,1-4H3/t11-,13-,14+/m1/s1. The molecule has 0 unspecified atom stereocenters. The van der Waals surface area contributed by atoms with Gasteiger partial charge in [0.1, 0.15) is 11.1 Å². The van der Waals surface area contributed by atoms with E-state index in [-0.39, 0.29) is 6.10 Å². The molecule has 1 aliphatic carbocycles. The fourth-order valence-electron chi connectivity index (χ4n) is 2.82. The molecule has 1 fully saturated rings. The second-order valence-electron chi connectivity index (χ2n) is 5.51. The summed E-state index contributed by atoms with van der Waals surface area (Å²) in [5.74, 6) is 0. The van der Waals surface area contributed by atoms with Gasteiger partial charge in [0.2, 0.25) is 0 Å². The Kier molecular flexibility index (Phi) is 6.33. The number of nitrogens with zero attached hydrogens (tertiary/aromatic N) is 2. The first kappa shape index (κ1) is 16.3. The highest BCUT2D eigenvalue weighted by Gasteiger charge is 2.27.